The van der Waals surface area contributed by atoms with E-state index in [4.69, 9.17) is 11.1 Å². The first-order chi connectivity index (χ1) is 9.08. The minimum Gasteiger partial charge on any atom is -0.384 e. The van der Waals surface area contributed by atoms with E-state index in [1.807, 2.05) is 18.2 Å². The Kier molecular flexibility index (Phi) is 3.75. The molecule has 0 unspecified atom stereocenters. The van der Waals surface area contributed by atoms with E-state index in [2.05, 4.69) is 4.98 Å². The molecule has 0 fully saturated rings. The molecule has 1 aromatic heterocycles. The number of aromatic nitrogens is 1. The number of anilines is 1. The third-order valence-electron chi connectivity index (χ3n) is 2.76. The van der Waals surface area contributed by atoms with Crippen molar-refractivity contribution < 1.29 is 4.39 Å². The summed E-state index contributed by atoms with van der Waals surface area (Å²) >= 11 is 0. The summed E-state index contributed by atoms with van der Waals surface area (Å²) in [4.78, 5) is 5.73. The van der Waals surface area contributed by atoms with Crippen molar-refractivity contribution >= 4 is 11.7 Å². The Balaban J connectivity index is 2.19. The number of nitrogen functional groups attached to an aromatic ring is 1. The van der Waals surface area contributed by atoms with Crippen LogP contribution in [0.5, 0.6) is 0 Å². The molecule has 2 aromatic rings. The van der Waals surface area contributed by atoms with Crippen LogP contribution in [0.1, 0.15) is 11.1 Å². The second-order valence-corrected chi connectivity index (χ2v) is 4.28. The normalized spacial score (nSPS) is 10.2. The van der Waals surface area contributed by atoms with Gasteiger partial charge in [-0.2, -0.15) is 0 Å². The summed E-state index contributed by atoms with van der Waals surface area (Å²) < 4.78 is 13.6. The number of halogens is 1. The van der Waals surface area contributed by atoms with E-state index in [1.165, 1.54) is 6.07 Å². The molecular weight excluding hydrogens is 243 g/mol. The zero-order valence-electron chi connectivity index (χ0n) is 10.6. The number of nitrogens with one attached hydrogen (secondary N) is 1. The Morgan fingerprint density at radius 2 is 2.16 bits per heavy atom. The fourth-order valence-corrected chi connectivity index (χ4v) is 1.84. The number of nitrogens with two attached hydrogens (primary N) is 1. The molecule has 2 rings (SSSR count). The van der Waals surface area contributed by atoms with E-state index < -0.39 is 0 Å². The predicted molar refractivity (Wildman–Crippen MR) is 73.8 cm³/mol. The second kappa shape index (κ2) is 5.48. The van der Waals surface area contributed by atoms with Crippen LogP contribution in [0.3, 0.4) is 0 Å². The fraction of sp³-hybridized carbons (Fsp3) is 0.143. The van der Waals surface area contributed by atoms with Gasteiger partial charge in [0.25, 0.3) is 0 Å². The summed E-state index contributed by atoms with van der Waals surface area (Å²) in [7, 11) is 1.77. The van der Waals surface area contributed by atoms with E-state index in [0.29, 0.717) is 17.9 Å². The highest BCUT2D eigenvalue weighted by molar-refractivity contribution is 5.95. The largest absolute Gasteiger partial charge is 0.384 e. The zero-order chi connectivity index (χ0) is 13.8. The van der Waals surface area contributed by atoms with Gasteiger partial charge in [0.2, 0.25) is 0 Å². The molecule has 0 aliphatic rings. The number of pyridine rings is 1. The van der Waals surface area contributed by atoms with Crippen molar-refractivity contribution in [1.82, 2.24) is 4.98 Å². The lowest BCUT2D eigenvalue weighted by Crippen LogP contribution is -2.19. The van der Waals surface area contributed by atoms with Crippen molar-refractivity contribution in [2.75, 3.05) is 11.9 Å². The highest BCUT2D eigenvalue weighted by Gasteiger charge is 2.09. The summed E-state index contributed by atoms with van der Waals surface area (Å²) in [5, 5.41) is 7.40. The van der Waals surface area contributed by atoms with Crippen LogP contribution in [0.25, 0.3) is 0 Å². The zero-order valence-corrected chi connectivity index (χ0v) is 10.6. The first-order valence-corrected chi connectivity index (χ1v) is 5.83. The van der Waals surface area contributed by atoms with Gasteiger partial charge in [0.1, 0.15) is 5.84 Å². The molecule has 4 nitrogen and oxygen atoms in total. The maximum Gasteiger partial charge on any atom is 0.165 e. The van der Waals surface area contributed by atoms with Crippen molar-refractivity contribution in [2.45, 2.75) is 6.54 Å². The van der Waals surface area contributed by atoms with E-state index >= 15 is 0 Å². The van der Waals surface area contributed by atoms with Gasteiger partial charge in [-0.05, 0) is 23.8 Å². The van der Waals surface area contributed by atoms with E-state index in [-0.39, 0.29) is 11.7 Å². The van der Waals surface area contributed by atoms with Crippen LogP contribution in [0.15, 0.2) is 42.6 Å². The van der Waals surface area contributed by atoms with E-state index in [9.17, 15) is 4.39 Å². The number of hydrogen-bond donors (Lipinski definition) is 2. The standard InChI is InChI=1S/C14H15FN4/c1-19(14-12(15)6-3-7-18-14)9-10-4-2-5-11(8-10)13(16)17/h2-8H,9H2,1H3,(H3,16,17). The highest BCUT2D eigenvalue weighted by Crippen LogP contribution is 2.16. The first-order valence-electron chi connectivity index (χ1n) is 5.83. The average molecular weight is 258 g/mol. The lowest BCUT2D eigenvalue weighted by Gasteiger charge is -2.18. The Morgan fingerprint density at radius 3 is 2.84 bits per heavy atom. The van der Waals surface area contributed by atoms with Crippen LogP contribution in [0, 0.1) is 11.2 Å². The summed E-state index contributed by atoms with van der Waals surface area (Å²) in [5.74, 6) is -0.0306. The van der Waals surface area contributed by atoms with Crippen LogP contribution in [0.4, 0.5) is 10.2 Å². The topological polar surface area (TPSA) is 66.0 Å². The molecule has 0 spiro atoms. The van der Waals surface area contributed by atoms with Gasteiger partial charge in [-0.15, -0.1) is 0 Å². The van der Waals surface area contributed by atoms with Gasteiger partial charge in [-0.3, -0.25) is 5.41 Å². The summed E-state index contributed by atoms with van der Waals surface area (Å²) in [6, 6.07) is 10.3. The van der Waals surface area contributed by atoms with Crippen molar-refractivity contribution in [2.24, 2.45) is 5.73 Å². The molecule has 0 radical (unpaired) electrons. The van der Waals surface area contributed by atoms with Crippen molar-refractivity contribution in [3.8, 4) is 0 Å². The molecule has 5 heteroatoms. The summed E-state index contributed by atoms with van der Waals surface area (Å²) in [5.41, 5.74) is 7.05. The number of benzene rings is 1. The average Bonchev–Trinajstić information content (AvgIpc) is 2.39. The highest BCUT2D eigenvalue weighted by atomic mass is 19.1. The Labute approximate surface area is 111 Å². The Morgan fingerprint density at radius 1 is 1.37 bits per heavy atom. The third-order valence-corrected chi connectivity index (χ3v) is 2.76. The van der Waals surface area contributed by atoms with Crippen LogP contribution in [-0.4, -0.2) is 17.9 Å². The molecule has 1 aromatic carbocycles. The number of rotatable bonds is 4. The van der Waals surface area contributed by atoms with Gasteiger partial charge in [0.15, 0.2) is 11.6 Å². The lowest BCUT2D eigenvalue weighted by atomic mass is 10.1. The molecule has 19 heavy (non-hydrogen) atoms. The van der Waals surface area contributed by atoms with Crippen LogP contribution < -0.4 is 10.6 Å². The molecule has 0 aliphatic carbocycles. The number of nitrogens with zero attached hydrogens (tertiary/aromatic N) is 2. The minimum absolute atomic E-state index is 0.0218. The van der Waals surface area contributed by atoms with Crippen molar-refractivity contribution in [3.63, 3.8) is 0 Å². The SMILES string of the molecule is CN(Cc1cccc(C(=N)N)c1)c1ncccc1F. The fourth-order valence-electron chi connectivity index (χ4n) is 1.84. The lowest BCUT2D eigenvalue weighted by molar-refractivity contribution is 0.615. The van der Waals surface area contributed by atoms with Crippen LogP contribution >= 0.6 is 0 Å². The molecule has 0 saturated carbocycles. The van der Waals surface area contributed by atoms with Crippen molar-refractivity contribution in [1.29, 1.82) is 5.41 Å². The molecule has 0 atom stereocenters. The smallest absolute Gasteiger partial charge is 0.165 e. The second-order valence-electron chi connectivity index (χ2n) is 4.28. The van der Waals surface area contributed by atoms with Gasteiger partial charge in [-0.1, -0.05) is 18.2 Å². The van der Waals surface area contributed by atoms with E-state index in [0.717, 1.165) is 5.56 Å². The first kappa shape index (κ1) is 13.0. The summed E-state index contributed by atoms with van der Waals surface area (Å²) in [6.45, 7) is 0.495. The molecule has 0 bridgehead atoms. The van der Waals surface area contributed by atoms with Crippen LogP contribution in [0.2, 0.25) is 0 Å². The molecule has 1 heterocycles. The summed E-state index contributed by atoms with van der Waals surface area (Å²) in [6.07, 6.45) is 1.56. The molecule has 3 N–H and O–H groups in total. The molecule has 0 amide bonds. The maximum atomic E-state index is 13.6. The third kappa shape index (κ3) is 3.07. The van der Waals surface area contributed by atoms with Gasteiger partial charge in [-0.25, -0.2) is 9.37 Å². The monoisotopic (exact) mass is 258 g/mol. The number of amidine groups is 1. The molecular formula is C14H15FN4. The van der Waals surface area contributed by atoms with Gasteiger partial charge >= 0.3 is 0 Å². The molecule has 0 saturated heterocycles. The molecule has 98 valence electrons. The number of hydrogen-bond acceptors (Lipinski definition) is 3. The maximum absolute atomic E-state index is 13.6. The van der Waals surface area contributed by atoms with Gasteiger partial charge in [0.05, 0.1) is 0 Å². The Hall–Kier alpha value is -2.43. The minimum atomic E-state index is -0.354. The quantitative estimate of drug-likeness (QED) is 0.652. The van der Waals surface area contributed by atoms with E-state index in [1.54, 1.807) is 30.3 Å². The van der Waals surface area contributed by atoms with Crippen molar-refractivity contribution in [3.05, 3.63) is 59.5 Å². The van der Waals surface area contributed by atoms with Gasteiger partial charge in [0, 0.05) is 25.4 Å². The Bertz CT molecular complexity index is 598. The van der Waals surface area contributed by atoms with Gasteiger partial charge < -0.3 is 10.6 Å². The predicted octanol–water partition coefficient (Wildman–Crippen LogP) is 2.14. The molecule has 0 aliphatic heterocycles. The van der Waals surface area contributed by atoms with Crippen LogP contribution in [-0.2, 0) is 6.54 Å².